The van der Waals surface area contributed by atoms with E-state index in [1.807, 2.05) is 30.3 Å². The predicted molar refractivity (Wildman–Crippen MR) is 91.2 cm³/mol. The second-order valence-electron chi connectivity index (χ2n) is 5.31. The maximum absolute atomic E-state index is 10.8. The molecule has 0 saturated carbocycles. The average Bonchev–Trinajstić information content (AvgIpc) is 2.56. The number of nitro groups is 1. The molecule has 0 fully saturated rings. The van der Waals surface area contributed by atoms with E-state index in [4.69, 9.17) is 6.42 Å². The Morgan fingerprint density at radius 1 is 1.30 bits per heavy atom. The van der Waals surface area contributed by atoms with Gasteiger partial charge in [0.2, 0.25) is 0 Å². The minimum Gasteiger partial charge on any atom is -0.507 e. The lowest BCUT2D eigenvalue weighted by Crippen LogP contribution is -1.92. The Morgan fingerprint density at radius 2 is 2.00 bits per heavy atom. The lowest BCUT2D eigenvalue weighted by molar-refractivity contribution is -0.384. The second kappa shape index (κ2) is 7.28. The smallest absolute Gasteiger partial charge is 0.270 e. The number of nitro benzene ring substituents is 1. The van der Waals surface area contributed by atoms with Crippen molar-refractivity contribution in [2.75, 3.05) is 0 Å². The molecule has 116 valence electrons. The Bertz CT molecular complexity index is 770. The fourth-order valence-electron chi connectivity index (χ4n) is 2.23. The van der Waals surface area contributed by atoms with Gasteiger partial charge in [-0.25, -0.2) is 0 Å². The van der Waals surface area contributed by atoms with E-state index in [9.17, 15) is 15.2 Å². The van der Waals surface area contributed by atoms with E-state index in [2.05, 4.69) is 12.8 Å². The van der Waals surface area contributed by atoms with Crippen molar-refractivity contribution in [3.8, 4) is 18.1 Å². The van der Waals surface area contributed by atoms with Gasteiger partial charge in [-0.3, -0.25) is 10.1 Å². The topological polar surface area (TPSA) is 63.4 Å². The third-order valence-electron chi connectivity index (χ3n) is 3.66. The number of allylic oxidation sites excluding steroid dienone is 1. The van der Waals surface area contributed by atoms with Gasteiger partial charge in [0.1, 0.15) is 5.75 Å². The summed E-state index contributed by atoms with van der Waals surface area (Å²) >= 11 is 0. The standard InChI is InChI=1S/C19H17NO3/c1-3-15-7-9-16(10-8-15)14(2)5-4-6-17-13-18(20(22)23)11-12-19(17)21/h1,4,6-14,21H,5H2,2H3/b6-4-. The highest BCUT2D eigenvalue weighted by Crippen LogP contribution is 2.25. The zero-order valence-electron chi connectivity index (χ0n) is 12.8. The quantitative estimate of drug-likeness (QED) is 0.503. The van der Waals surface area contributed by atoms with Crippen molar-refractivity contribution in [3.63, 3.8) is 0 Å². The summed E-state index contributed by atoms with van der Waals surface area (Å²) in [5.74, 6) is 2.88. The third-order valence-corrected chi connectivity index (χ3v) is 3.66. The van der Waals surface area contributed by atoms with E-state index in [1.165, 1.54) is 18.2 Å². The maximum atomic E-state index is 10.8. The zero-order chi connectivity index (χ0) is 16.8. The molecule has 0 aromatic heterocycles. The first-order valence-electron chi connectivity index (χ1n) is 7.21. The molecule has 2 aromatic carbocycles. The highest BCUT2D eigenvalue weighted by molar-refractivity contribution is 5.60. The summed E-state index contributed by atoms with van der Waals surface area (Å²) in [6.07, 6.45) is 9.69. The van der Waals surface area contributed by atoms with Gasteiger partial charge >= 0.3 is 0 Å². The average molecular weight is 307 g/mol. The molecule has 2 aromatic rings. The molecule has 1 atom stereocenters. The maximum Gasteiger partial charge on any atom is 0.270 e. The number of phenols is 1. The van der Waals surface area contributed by atoms with Gasteiger partial charge < -0.3 is 5.11 Å². The largest absolute Gasteiger partial charge is 0.507 e. The predicted octanol–water partition coefficient (Wildman–Crippen LogP) is 4.49. The first-order valence-corrected chi connectivity index (χ1v) is 7.21. The van der Waals surface area contributed by atoms with Crippen LogP contribution in [0, 0.1) is 22.5 Å². The second-order valence-corrected chi connectivity index (χ2v) is 5.31. The third kappa shape index (κ3) is 4.21. The molecule has 2 rings (SSSR count). The zero-order valence-corrected chi connectivity index (χ0v) is 12.8. The van der Waals surface area contributed by atoms with Crippen LogP contribution in [0.2, 0.25) is 0 Å². The molecular weight excluding hydrogens is 290 g/mol. The first kappa shape index (κ1) is 16.3. The van der Waals surface area contributed by atoms with Crippen LogP contribution in [0.3, 0.4) is 0 Å². The number of hydrogen-bond donors (Lipinski definition) is 1. The molecule has 1 N–H and O–H groups in total. The monoisotopic (exact) mass is 307 g/mol. The SMILES string of the molecule is C#Cc1ccc(C(C)C/C=C\c2cc([N+](=O)[O-])ccc2O)cc1. The summed E-state index contributed by atoms with van der Waals surface area (Å²) in [6, 6.07) is 11.8. The normalized spacial score (nSPS) is 12.0. The molecule has 0 saturated heterocycles. The molecule has 0 radical (unpaired) electrons. The van der Waals surface area contributed by atoms with E-state index < -0.39 is 4.92 Å². The van der Waals surface area contributed by atoms with Crippen LogP contribution in [0.4, 0.5) is 5.69 Å². The van der Waals surface area contributed by atoms with Crippen molar-refractivity contribution in [2.45, 2.75) is 19.3 Å². The number of aromatic hydroxyl groups is 1. The Morgan fingerprint density at radius 3 is 2.61 bits per heavy atom. The van der Waals surface area contributed by atoms with E-state index in [1.54, 1.807) is 6.08 Å². The van der Waals surface area contributed by atoms with Crippen molar-refractivity contribution in [3.05, 3.63) is 75.3 Å². The highest BCUT2D eigenvalue weighted by Gasteiger charge is 2.08. The van der Waals surface area contributed by atoms with Gasteiger partial charge in [-0.1, -0.05) is 37.1 Å². The van der Waals surface area contributed by atoms with Crippen LogP contribution in [0.25, 0.3) is 6.08 Å². The first-order chi connectivity index (χ1) is 11.0. The Balaban J connectivity index is 2.07. The van der Waals surface area contributed by atoms with Gasteiger partial charge in [-0.2, -0.15) is 0 Å². The minimum atomic E-state index is -0.480. The van der Waals surface area contributed by atoms with Crippen LogP contribution in [-0.2, 0) is 0 Å². The molecule has 0 amide bonds. The molecular formula is C19H17NO3. The fourth-order valence-corrected chi connectivity index (χ4v) is 2.23. The van der Waals surface area contributed by atoms with Crippen molar-refractivity contribution in [1.29, 1.82) is 0 Å². The summed E-state index contributed by atoms with van der Waals surface area (Å²) in [4.78, 5) is 10.3. The molecule has 0 bridgehead atoms. The van der Waals surface area contributed by atoms with Gasteiger partial charge in [0.05, 0.1) is 4.92 Å². The summed E-state index contributed by atoms with van der Waals surface area (Å²) in [7, 11) is 0. The number of hydrogen-bond acceptors (Lipinski definition) is 3. The van der Waals surface area contributed by atoms with Gasteiger partial charge in [-0.15, -0.1) is 6.42 Å². The Hall–Kier alpha value is -3.06. The molecule has 0 heterocycles. The van der Waals surface area contributed by atoms with Crippen LogP contribution in [0.5, 0.6) is 5.75 Å². The Labute approximate surface area is 135 Å². The highest BCUT2D eigenvalue weighted by atomic mass is 16.6. The van der Waals surface area contributed by atoms with E-state index >= 15 is 0 Å². The number of rotatable bonds is 5. The van der Waals surface area contributed by atoms with E-state index in [0.29, 0.717) is 5.56 Å². The van der Waals surface area contributed by atoms with Crippen LogP contribution in [0.15, 0.2) is 48.5 Å². The summed E-state index contributed by atoms with van der Waals surface area (Å²) in [6.45, 7) is 2.09. The molecule has 4 heteroatoms. The fraction of sp³-hybridized carbons (Fsp3) is 0.158. The van der Waals surface area contributed by atoms with Gasteiger partial charge in [-0.05, 0) is 36.1 Å². The molecule has 0 aliphatic carbocycles. The molecule has 23 heavy (non-hydrogen) atoms. The van der Waals surface area contributed by atoms with Crippen LogP contribution < -0.4 is 0 Å². The number of nitrogens with zero attached hydrogens (tertiary/aromatic N) is 1. The lowest BCUT2D eigenvalue weighted by atomic mass is 9.96. The summed E-state index contributed by atoms with van der Waals surface area (Å²) in [5, 5.41) is 20.5. The van der Waals surface area contributed by atoms with Crippen molar-refractivity contribution in [1.82, 2.24) is 0 Å². The van der Waals surface area contributed by atoms with Gasteiger partial charge in [0.25, 0.3) is 5.69 Å². The minimum absolute atomic E-state index is 0.0258. The lowest BCUT2D eigenvalue weighted by Gasteiger charge is -2.09. The number of non-ortho nitro benzene ring substituents is 1. The van der Waals surface area contributed by atoms with Crippen LogP contribution in [-0.4, -0.2) is 10.0 Å². The van der Waals surface area contributed by atoms with E-state index in [0.717, 1.165) is 17.5 Å². The summed E-state index contributed by atoms with van der Waals surface area (Å²) in [5.41, 5.74) is 2.41. The van der Waals surface area contributed by atoms with Crippen LogP contribution in [0.1, 0.15) is 36.0 Å². The molecule has 0 spiro atoms. The van der Waals surface area contributed by atoms with Crippen LogP contribution >= 0.6 is 0 Å². The number of phenolic OH excluding ortho intramolecular Hbond substituents is 1. The van der Waals surface area contributed by atoms with Crippen molar-refractivity contribution >= 4 is 11.8 Å². The molecule has 0 aliphatic rings. The molecule has 4 nitrogen and oxygen atoms in total. The van der Waals surface area contributed by atoms with Gasteiger partial charge in [0.15, 0.2) is 0 Å². The Kier molecular flexibility index (Phi) is 5.16. The number of terminal acetylenes is 1. The van der Waals surface area contributed by atoms with Crippen molar-refractivity contribution < 1.29 is 10.0 Å². The molecule has 1 unspecified atom stereocenters. The van der Waals surface area contributed by atoms with E-state index in [-0.39, 0.29) is 17.4 Å². The van der Waals surface area contributed by atoms with Crippen molar-refractivity contribution in [2.24, 2.45) is 0 Å². The summed E-state index contributed by atoms with van der Waals surface area (Å²) < 4.78 is 0. The number of benzene rings is 2. The molecule has 0 aliphatic heterocycles. The van der Waals surface area contributed by atoms with Gasteiger partial charge in [0, 0.05) is 23.3 Å².